The molecule has 1 aliphatic rings. The first kappa shape index (κ1) is 26.2. The molecular weight excluding hydrogens is 503 g/mol. The maximum Gasteiger partial charge on any atom is 0.434 e. The standard InChI is InChI=1S/C29H28F3N7/c1-18(2)21-6-4-5-7-22(21)27-35-24-12-13-39(17-33)15-23(24)26(37-27)34-14-19-8-10-20(11-9-19)28-36-25(16-38(28)3)29(30,31)32/h4-11,16,18H,12-15H2,1-3H3,(H,34,35,37). The van der Waals surface area contributed by atoms with Crippen LogP contribution in [-0.2, 0) is 32.7 Å². The third-order valence-electron chi connectivity index (χ3n) is 6.86. The molecule has 0 aliphatic carbocycles. The van der Waals surface area contributed by atoms with Crippen LogP contribution < -0.4 is 5.32 Å². The van der Waals surface area contributed by atoms with Crippen molar-refractivity contribution in [2.75, 3.05) is 11.9 Å². The number of nitrogens with one attached hydrogen (secondary N) is 1. The molecule has 0 spiro atoms. The van der Waals surface area contributed by atoms with Crippen molar-refractivity contribution in [2.45, 2.75) is 45.5 Å². The second-order valence-corrected chi connectivity index (χ2v) is 9.94. The number of benzene rings is 2. The average Bonchev–Trinajstić information content (AvgIpc) is 3.33. The Morgan fingerprint density at radius 3 is 2.46 bits per heavy atom. The number of halogens is 3. The molecule has 39 heavy (non-hydrogen) atoms. The van der Waals surface area contributed by atoms with E-state index in [1.807, 2.05) is 30.3 Å². The summed E-state index contributed by atoms with van der Waals surface area (Å²) in [6.07, 6.45) is -0.632. The zero-order chi connectivity index (χ0) is 27.7. The topological polar surface area (TPSA) is 82.7 Å². The molecule has 10 heteroatoms. The molecule has 0 amide bonds. The molecule has 0 bridgehead atoms. The quantitative estimate of drug-likeness (QED) is 0.301. The Morgan fingerprint density at radius 2 is 1.79 bits per heavy atom. The van der Waals surface area contributed by atoms with Crippen molar-refractivity contribution < 1.29 is 13.2 Å². The van der Waals surface area contributed by atoms with Crippen LogP contribution in [0.4, 0.5) is 19.0 Å². The summed E-state index contributed by atoms with van der Waals surface area (Å²) in [4.78, 5) is 15.3. The van der Waals surface area contributed by atoms with Crippen LogP contribution in [0, 0.1) is 11.5 Å². The number of nitrogens with zero attached hydrogens (tertiary/aromatic N) is 6. The van der Waals surface area contributed by atoms with E-state index in [4.69, 9.17) is 9.97 Å². The average molecular weight is 532 g/mol. The molecule has 0 saturated carbocycles. The number of aryl methyl sites for hydroxylation is 1. The largest absolute Gasteiger partial charge is 0.434 e. The SMILES string of the molecule is CC(C)c1ccccc1-c1nc2c(c(NCc3ccc(-c4nc(C(F)(F)F)cn4C)cc3)n1)CN(C#N)CC2. The van der Waals surface area contributed by atoms with Gasteiger partial charge in [-0.15, -0.1) is 0 Å². The van der Waals surface area contributed by atoms with Gasteiger partial charge in [-0.2, -0.15) is 18.4 Å². The Bertz CT molecular complexity index is 1530. The zero-order valence-corrected chi connectivity index (χ0v) is 21.9. The van der Waals surface area contributed by atoms with Crippen LogP contribution in [0.3, 0.4) is 0 Å². The van der Waals surface area contributed by atoms with Gasteiger partial charge < -0.3 is 14.8 Å². The van der Waals surface area contributed by atoms with E-state index in [-0.39, 0.29) is 5.82 Å². The van der Waals surface area contributed by atoms with Crippen molar-refractivity contribution in [3.63, 3.8) is 0 Å². The van der Waals surface area contributed by atoms with Gasteiger partial charge in [0.25, 0.3) is 0 Å². The molecule has 2 aromatic heterocycles. The predicted molar refractivity (Wildman–Crippen MR) is 142 cm³/mol. The van der Waals surface area contributed by atoms with Crippen LogP contribution in [0.15, 0.2) is 54.7 Å². The first-order valence-electron chi connectivity index (χ1n) is 12.7. The van der Waals surface area contributed by atoms with Gasteiger partial charge in [0.2, 0.25) is 0 Å². The van der Waals surface area contributed by atoms with Crippen molar-refractivity contribution in [2.24, 2.45) is 7.05 Å². The molecule has 0 atom stereocenters. The summed E-state index contributed by atoms with van der Waals surface area (Å²) in [5, 5.41) is 12.9. The highest BCUT2D eigenvalue weighted by atomic mass is 19.4. The second kappa shape index (κ2) is 10.4. The van der Waals surface area contributed by atoms with Crippen LogP contribution in [0.5, 0.6) is 0 Å². The lowest BCUT2D eigenvalue weighted by Gasteiger charge is -2.26. The van der Waals surface area contributed by atoms with Crippen LogP contribution in [0.2, 0.25) is 0 Å². The van der Waals surface area contributed by atoms with Gasteiger partial charge in [-0.1, -0.05) is 62.4 Å². The minimum atomic E-state index is -4.49. The molecule has 4 aromatic rings. The van der Waals surface area contributed by atoms with E-state index in [0.717, 1.165) is 34.1 Å². The number of aromatic nitrogens is 4. The Hall–Kier alpha value is -4.39. The first-order valence-corrected chi connectivity index (χ1v) is 12.7. The second-order valence-electron chi connectivity index (χ2n) is 9.94. The highest BCUT2D eigenvalue weighted by Gasteiger charge is 2.34. The number of nitriles is 1. The van der Waals surface area contributed by atoms with E-state index in [9.17, 15) is 18.4 Å². The van der Waals surface area contributed by atoms with E-state index < -0.39 is 11.9 Å². The van der Waals surface area contributed by atoms with Crippen LogP contribution in [-0.4, -0.2) is 31.0 Å². The predicted octanol–water partition coefficient (Wildman–Crippen LogP) is 6.14. The molecule has 7 nitrogen and oxygen atoms in total. The summed E-state index contributed by atoms with van der Waals surface area (Å²) in [6, 6.07) is 15.4. The van der Waals surface area contributed by atoms with Crippen LogP contribution >= 0.6 is 0 Å². The van der Waals surface area contributed by atoms with Gasteiger partial charge in [0.15, 0.2) is 17.7 Å². The summed E-state index contributed by atoms with van der Waals surface area (Å²) in [7, 11) is 1.55. The molecule has 200 valence electrons. The summed E-state index contributed by atoms with van der Waals surface area (Å²) in [6.45, 7) is 5.76. The number of rotatable bonds is 6. The first-order chi connectivity index (χ1) is 18.6. The summed E-state index contributed by atoms with van der Waals surface area (Å²) in [5.41, 5.74) is 4.58. The molecule has 0 fully saturated rings. The van der Waals surface area contributed by atoms with Crippen molar-refractivity contribution in [3.05, 3.63) is 82.8 Å². The third-order valence-corrected chi connectivity index (χ3v) is 6.86. The molecular formula is C29H28F3N7. The van der Waals surface area contributed by atoms with E-state index in [1.165, 1.54) is 4.57 Å². The van der Waals surface area contributed by atoms with E-state index in [2.05, 4.69) is 36.4 Å². The normalized spacial score (nSPS) is 13.3. The zero-order valence-electron chi connectivity index (χ0n) is 21.9. The number of hydrogen-bond acceptors (Lipinski definition) is 6. The van der Waals surface area contributed by atoms with Crippen molar-refractivity contribution in [1.82, 2.24) is 24.4 Å². The Balaban J connectivity index is 1.43. The Morgan fingerprint density at radius 1 is 1.05 bits per heavy atom. The summed E-state index contributed by atoms with van der Waals surface area (Å²) >= 11 is 0. The monoisotopic (exact) mass is 531 g/mol. The highest BCUT2D eigenvalue weighted by Crippen LogP contribution is 2.32. The van der Waals surface area contributed by atoms with Crippen molar-refractivity contribution in [3.8, 4) is 29.0 Å². The van der Waals surface area contributed by atoms with E-state index in [0.29, 0.717) is 49.2 Å². The molecule has 0 radical (unpaired) electrons. The van der Waals surface area contributed by atoms with Crippen molar-refractivity contribution in [1.29, 1.82) is 5.26 Å². The molecule has 5 rings (SSSR count). The lowest BCUT2D eigenvalue weighted by atomic mass is 9.96. The lowest BCUT2D eigenvalue weighted by molar-refractivity contribution is -0.140. The molecule has 1 N–H and O–H groups in total. The fourth-order valence-corrected chi connectivity index (χ4v) is 4.80. The number of hydrogen-bond donors (Lipinski definition) is 1. The molecule has 0 saturated heterocycles. The Labute approximate surface area is 225 Å². The van der Waals surface area contributed by atoms with E-state index in [1.54, 1.807) is 24.1 Å². The van der Waals surface area contributed by atoms with Gasteiger partial charge in [0, 0.05) is 49.4 Å². The van der Waals surface area contributed by atoms with Crippen molar-refractivity contribution >= 4 is 5.82 Å². The summed E-state index contributed by atoms with van der Waals surface area (Å²) < 4.78 is 40.6. The van der Waals surface area contributed by atoms with Gasteiger partial charge in [0.05, 0.1) is 12.2 Å². The smallest absolute Gasteiger partial charge is 0.366 e. The minimum Gasteiger partial charge on any atom is -0.366 e. The van der Waals surface area contributed by atoms with Gasteiger partial charge in [-0.05, 0) is 17.0 Å². The summed E-state index contributed by atoms with van der Waals surface area (Å²) in [5.74, 6) is 1.88. The minimum absolute atomic E-state index is 0.247. The highest BCUT2D eigenvalue weighted by molar-refractivity contribution is 5.65. The number of fused-ring (bicyclic) bond motifs is 1. The van der Waals surface area contributed by atoms with Gasteiger partial charge >= 0.3 is 6.18 Å². The maximum absolute atomic E-state index is 13.1. The van der Waals surface area contributed by atoms with Gasteiger partial charge in [0.1, 0.15) is 11.6 Å². The number of alkyl halides is 3. The molecule has 2 aromatic carbocycles. The van der Waals surface area contributed by atoms with E-state index >= 15 is 0 Å². The van der Waals surface area contributed by atoms with Crippen LogP contribution in [0.1, 0.15) is 47.8 Å². The fraction of sp³-hybridized carbons (Fsp3) is 0.310. The Kier molecular flexibility index (Phi) is 7.00. The fourth-order valence-electron chi connectivity index (χ4n) is 4.80. The molecule has 3 heterocycles. The number of imidazole rings is 1. The van der Waals surface area contributed by atoms with Crippen LogP contribution in [0.25, 0.3) is 22.8 Å². The third kappa shape index (κ3) is 5.43. The maximum atomic E-state index is 13.1. The van der Waals surface area contributed by atoms with Gasteiger partial charge in [-0.3, -0.25) is 0 Å². The molecule has 1 aliphatic heterocycles. The van der Waals surface area contributed by atoms with Gasteiger partial charge in [-0.25, -0.2) is 15.0 Å². The lowest BCUT2D eigenvalue weighted by Crippen LogP contribution is -2.28. The molecule has 0 unspecified atom stereocenters. The number of anilines is 1.